The fourth-order valence-corrected chi connectivity index (χ4v) is 4.95. The van der Waals surface area contributed by atoms with Gasteiger partial charge in [0.15, 0.2) is 0 Å². The zero-order valence-electron chi connectivity index (χ0n) is 21.8. The molecule has 0 aliphatic rings. The minimum Gasteiger partial charge on any atom is -0.356 e. The van der Waals surface area contributed by atoms with Crippen molar-refractivity contribution in [3.8, 4) is 0 Å². The number of nitrogens with zero attached hydrogens (tertiary/aromatic N) is 3. The van der Waals surface area contributed by atoms with E-state index < -0.39 is 0 Å². The van der Waals surface area contributed by atoms with Crippen LogP contribution in [-0.2, 0) is 17.8 Å². The fourth-order valence-electron chi connectivity index (χ4n) is 4.95. The molecule has 39 heavy (non-hydrogen) atoms. The van der Waals surface area contributed by atoms with E-state index in [2.05, 4.69) is 27.0 Å². The van der Waals surface area contributed by atoms with E-state index in [1.807, 2.05) is 73.8 Å². The van der Waals surface area contributed by atoms with Crippen molar-refractivity contribution in [2.24, 2.45) is 0 Å². The van der Waals surface area contributed by atoms with Crippen molar-refractivity contribution >= 4 is 22.5 Å². The molecule has 1 unspecified atom stereocenters. The predicted octanol–water partition coefficient (Wildman–Crippen LogP) is 6.18. The van der Waals surface area contributed by atoms with E-state index in [0.717, 1.165) is 38.9 Å². The number of rotatable bonds is 10. The molecule has 0 aliphatic carbocycles. The molecule has 0 aliphatic heterocycles. The summed E-state index contributed by atoms with van der Waals surface area (Å²) in [7, 11) is 0. The molecule has 0 fully saturated rings. The molecule has 3 aromatic carbocycles. The van der Waals surface area contributed by atoms with Crippen LogP contribution >= 0.6 is 0 Å². The second-order valence-electron chi connectivity index (χ2n) is 9.74. The third-order valence-electron chi connectivity index (χ3n) is 6.98. The molecule has 0 spiro atoms. The average Bonchev–Trinajstić information content (AvgIpc) is 3.30. The third-order valence-corrected chi connectivity index (χ3v) is 6.98. The Balaban J connectivity index is 1.51. The molecule has 0 saturated carbocycles. The minimum absolute atomic E-state index is 0.0312. The van der Waals surface area contributed by atoms with Gasteiger partial charge in [0.25, 0.3) is 5.69 Å². The van der Waals surface area contributed by atoms with Crippen LogP contribution in [0.2, 0.25) is 0 Å². The van der Waals surface area contributed by atoms with E-state index in [1.54, 1.807) is 24.4 Å². The number of hydrogen-bond donors (Lipinski definition) is 1. The predicted molar refractivity (Wildman–Crippen MR) is 153 cm³/mol. The number of carbonyl (C=O) groups excluding carboxylic acids is 1. The van der Waals surface area contributed by atoms with Gasteiger partial charge in [0.05, 0.1) is 4.92 Å². The Labute approximate surface area is 227 Å². The molecular formula is C32H30N4O3. The molecule has 0 radical (unpaired) electrons. The number of amides is 1. The van der Waals surface area contributed by atoms with Crippen molar-refractivity contribution in [2.45, 2.75) is 32.2 Å². The van der Waals surface area contributed by atoms with Gasteiger partial charge in [-0.25, -0.2) is 0 Å². The van der Waals surface area contributed by atoms with Crippen LogP contribution in [0, 0.1) is 17.0 Å². The number of benzene rings is 3. The van der Waals surface area contributed by atoms with E-state index in [9.17, 15) is 14.9 Å². The van der Waals surface area contributed by atoms with Crippen molar-refractivity contribution in [2.75, 3.05) is 6.54 Å². The number of carbonyl (C=O) groups is 1. The first-order valence-electron chi connectivity index (χ1n) is 13.0. The number of fused-ring (bicyclic) bond motifs is 1. The summed E-state index contributed by atoms with van der Waals surface area (Å²) in [5.41, 5.74) is 5.98. The Kier molecular flexibility index (Phi) is 7.78. The van der Waals surface area contributed by atoms with Gasteiger partial charge in [-0.1, -0.05) is 66.2 Å². The summed E-state index contributed by atoms with van der Waals surface area (Å²) >= 11 is 0. The maximum atomic E-state index is 13.2. The molecule has 5 aromatic rings. The summed E-state index contributed by atoms with van der Waals surface area (Å²) in [5.74, 6) is -0.354. The topological polar surface area (TPSA) is 90.1 Å². The van der Waals surface area contributed by atoms with E-state index in [0.29, 0.717) is 19.5 Å². The van der Waals surface area contributed by atoms with E-state index in [-0.39, 0.29) is 28.9 Å². The molecule has 196 valence electrons. The number of hydrogen-bond acceptors (Lipinski definition) is 4. The van der Waals surface area contributed by atoms with Gasteiger partial charge in [-0.3, -0.25) is 19.9 Å². The number of nitrogens with one attached hydrogen (secondary N) is 1. The van der Waals surface area contributed by atoms with Crippen molar-refractivity contribution < 1.29 is 9.72 Å². The molecule has 2 aromatic heterocycles. The van der Waals surface area contributed by atoms with Gasteiger partial charge in [0.2, 0.25) is 5.91 Å². The quantitative estimate of drug-likeness (QED) is 0.177. The van der Waals surface area contributed by atoms with Gasteiger partial charge >= 0.3 is 0 Å². The number of aryl methyl sites for hydroxylation is 1. The zero-order valence-corrected chi connectivity index (χ0v) is 21.8. The number of nitro groups is 1. The van der Waals surface area contributed by atoms with Crippen LogP contribution in [0.1, 0.15) is 40.3 Å². The summed E-state index contributed by atoms with van der Waals surface area (Å²) < 4.78 is 2.11. The Morgan fingerprint density at radius 3 is 2.49 bits per heavy atom. The molecule has 0 bridgehead atoms. The molecule has 1 N–H and O–H groups in total. The van der Waals surface area contributed by atoms with Crippen LogP contribution in [-0.4, -0.2) is 26.9 Å². The normalized spacial score (nSPS) is 11.8. The Hall–Kier alpha value is -4.78. The lowest BCUT2D eigenvalue weighted by molar-refractivity contribution is -0.384. The standard InChI is InChI=1S/C32H30N4O3/c1-23-10-12-25(13-11-23)28(20-32(37)34-18-16-26-9-5-6-17-33-26)30-22-35(21-24-7-3-2-4-8-24)31-15-14-27(36(38)39)19-29(30)31/h2-15,17,19,22,28H,16,18,20-21H2,1H3,(H,34,37). The lowest BCUT2D eigenvalue weighted by Crippen LogP contribution is -2.27. The van der Waals surface area contributed by atoms with Gasteiger partial charge in [-0.15, -0.1) is 0 Å². The second-order valence-corrected chi connectivity index (χ2v) is 9.74. The first-order chi connectivity index (χ1) is 19.0. The van der Waals surface area contributed by atoms with Gasteiger partial charge in [-0.05, 0) is 41.8 Å². The lowest BCUT2D eigenvalue weighted by atomic mass is 9.87. The summed E-state index contributed by atoms with van der Waals surface area (Å²) in [6, 6.07) is 29.0. The third kappa shape index (κ3) is 6.21. The molecule has 7 nitrogen and oxygen atoms in total. The van der Waals surface area contributed by atoms with Crippen LogP contribution in [0.4, 0.5) is 5.69 Å². The van der Waals surface area contributed by atoms with E-state index >= 15 is 0 Å². The highest BCUT2D eigenvalue weighted by atomic mass is 16.6. The zero-order chi connectivity index (χ0) is 27.2. The number of pyridine rings is 1. The van der Waals surface area contributed by atoms with Gasteiger partial charge in [-0.2, -0.15) is 0 Å². The van der Waals surface area contributed by atoms with Crippen molar-refractivity contribution in [3.05, 3.63) is 141 Å². The summed E-state index contributed by atoms with van der Waals surface area (Å²) in [5, 5.41) is 15.5. The molecule has 1 atom stereocenters. The maximum Gasteiger partial charge on any atom is 0.270 e. The van der Waals surface area contributed by atoms with E-state index in [4.69, 9.17) is 0 Å². The van der Waals surface area contributed by atoms with Crippen molar-refractivity contribution in [1.82, 2.24) is 14.9 Å². The largest absolute Gasteiger partial charge is 0.356 e. The highest BCUT2D eigenvalue weighted by molar-refractivity contribution is 5.88. The molecule has 1 amide bonds. The minimum atomic E-state index is -0.372. The van der Waals surface area contributed by atoms with Crippen LogP contribution in [0.5, 0.6) is 0 Å². The van der Waals surface area contributed by atoms with Gasteiger partial charge < -0.3 is 9.88 Å². The smallest absolute Gasteiger partial charge is 0.270 e. The van der Waals surface area contributed by atoms with Gasteiger partial charge in [0, 0.05) is 73.0 Å². The van der Waals surface area contributed by atoms with Crippen molar-refractivity contribution in [1.29, 1.82) is 0 Å². The van der Waals surface area contributed by atoms with Crippen molar-refractivity contribution in [3.63, 3.8) is 0 Å². The highest BCUT2D eigenvalue weighted by Gasteiger charge is 2.24. The lowest BCUT2D eigenvalue weighted by Gasteiger charge is -2.18. The van der Waals surface area contributed by atoms with Crippen LogP contribution in [0.15, 0.2) is 103 Å². The molecule has 0 saturated heterocycles. The summed E-state index contributed by atoms with van der Waals surface area (Å²) in [6.07, 6.45) is 4.66. The molecule has 2 heterocycles. The number of nitro benzene ring substituents is 1. The van der Waals surface area contributed by atoms with Crippen LogP contribution in [0.25, 0.3) is 10.9 Å². The highest BCUT2D eigenvalue weighted by Crippen LogP contribution is 2.37. The van der Waals surface area contributed by atoms with E-state index in [1.165, 1.54) is 0 Å². The summed E-state index contributed by atoms with van der Waals surface area (Å²) in [6.45, 7) is 3.13. The van der Waals surface area contributed by atoms with Crippen LogP contribution < -0.4 is 5.32 Å². The number of aromatic nitrogens is 2. The second kappa shape index (κ2) is 11.7. The first kappa shape index (κ1) is 25.9. The summed E-state index contributed by atoms with van der Waals surface area (Å²) in [4.78, 5) is 28.8. The average molecular weight is 519 g/mol. The Morgan fingerprint density at radius 2 is 1.77 bits per heavy atom. The number of non-ortho nitro benzene ring substituents is 1. The fraction of sp³-hybridized carbons (Fsp3) is 0.188. The molecular weight excluding hydrogens is 488 g/mol. The van der Waals surface area contributed by atoms with Gasteiger partial charge in [0.1, 0.15) is 0 Å². The maximum absolute atomic E-state index is 13.2. The Bertz CT molecular complexity index is 1580. The SMILES string of the molecule is Cc1ccc(C(CC(=O)NCCc2ccccn2)c2cn(Cc3ccccc3)c3ccc([N+](=O)[O-])cc23)cc1. The molecule has 5 rings (SSSR count). The first-order valence-corrected chi connectivity index (χ1v) is 13.0. The van der Waals surface area contributed by atoms with Crippen LogP contribution in [0.3, 0.4) is 0 Å². The monoisotopic (exact) mass is 518 g/mol. The Morgan fingerprint density at radius 1 is 1.00 bits per heavy atom. The molecule has 7 heteroatoms.